The van der Waals surface area contributed by atoms with Crippen molar-refractivity contribution in [1.29, 1.82) is 0 Å². The van der Waals surface area contributed by atoms with E-state index < -0.39 is 0 Å². The topological polar surface area (TPSA) is 93.4 Å². The fourth-order valence-corrected chi connectivity index (χ4v) is 2.91. The molecule has 8 nitrogen and oxygen atoms in total. The zero-order valence-electron chi connectivity index (χ0n) is 16.6. The molecule has 0 bridgehead atoms. The van der Waals surface area contributed by atoms with Crippen LogP contribution in [0.25, 0.3) is 0 Å². The lowest BCUT2D eigenvalue weighted by Crippen LogP contribution is -2.33. The van der Waals surface area contributed by atoms with Crippen LogP contribution in [-0.4, -0.2) is 49.3 Å². The van der Waals surface area contributed by atoms with Crippen LogP contribution in [0.2, 0.25) is 0 Å². The fraction of sp³-hybridized carbons (Fsp3) is 0.333. The zero-order valence-corrected chi connectivity index (χ0v) is 16.6. The van der Waals surface area contributed by atoms with Crippen molar-refractivity contribution < 1.29 is 14.6 Å². The molecule has 1 heterocycles. The Labute approximate surface area is 169 Å². The monoisotopic (exact) mass is 395 g/mol. The van der Waals surface area contributed by atoms with E-state index in [9.17, 15) is 9.90 Å². The molecule has 0 aliphatic heterocycles. The standard InChI is InChI=1S/C21H25N5O3/c1-16(2)26-20(22-23-24-26)15-29-19-10-8-18(9-11-19)21(28)25(12-13-27)14-17-6-4-3-5-7-17/h3-11,16,27H,12-15H2,1-2H3. The first kappa shape index (κ1) is 20.5. The molecule has 2 aromatic carbocycles. The molecule has 0 unspecified atom stereocenters. The summed E-state index contributed by atoms with van der Waals surface area (Å²) in [6.45, 7) is 4.84. The van der Waals surface area contributed by atoms with E-state index in [0.29, 0.717) is 23.7 Å². The number of rotatable bonds is 9. The predicted octanol–water partition coefficient (Wildman–Crippen LogP) is 2.47. The van der Waals surface area contributed by atoms with E-state index in [2.05, 4.69) is 15.5 Å². The second-order valence-electron chi connectivity index (χ2n) is 6.88. The minimum Gasteiger partial charge on any atom is -0.486 e. The van der Waals surface area contributed by atoms with Gasteiger partial charge in [-0.05, 0) is 54.1 Å². The van der Waals surface area contributed by atoms with Gasteiger partial charge < -0.3 is 14.7 Å². The van der Waals surface area contributed by atoms with Crippen LogP contribution in [-0.2, 0) is 13.2 Å². The lowest BCUT2D eigenvalue weighted by Gasteiger charge is -2.22. The van der Waals surface area contributed by atoms with Crippen molar-refractivity contribution in [3.63, 3.8) is 0 Å². The minimum atomic E-state index is -0.141. The van der Waals surface area contributed by atoms with Gasteiger partial charge in [-0.2, -0.15) is 0 Å². The Balaban J connectivity index is 1.64. The smallest absolute Gasteiger partial charge is 0.254 e. The van der Waals surface area contributed by atoms with Crippen molar-refractivity contribution >= 4 is 5.91 Å². The number of amides is 1. The third kappa shape index (κ3) is 5.39. The molecule has 0 spiro atoms. The highest BCUT2D eigenvalue weighted by Gasteiger charge is 2.16. The Kier molecular flexibility index (Phi) is 6.91. The second kappa shape index (κ2) is 9.79. The van der Waals surface area contributed by atoms with Crippen molar-refractivity contribution in [3.8, 4) is 5.75 Å². The van der Waals surface area contributed by atoms with Crippen LogP contribution in [0.5, 0.6) is 5.75 Å². The highest BCUT2D eigenvalue weighted by Crippen LogP contribution is 2.17. The molecule has 1 N–H and O–H groups in total. The average molecular weight is 395 g/mol. The molecular formula is C21H25N5O3. The number of aliphatic hydroxyl groups is 1. The molecule has 0 fully saturated rings. The Morgan fingerprint density at radius 1 is 1.14 bits per heavy atom. The fourth-order valence-electron chi connectivity index (χ4n) is 2.91. The zero-order chi connectivity index (χ0) is 20.6. The summed E-state index contributed by atoms with van der Waals surface area (Å²) in [6.07, 6.45) is 0. The molecule has 0 atom stereocenters. The lowest BCUT2D eigenvalue weighted by atomic mass is 10.1. The maximum Gasteiger partial charge on any atom is 0.254 e. The summed E-state index contributed by atoms with van der Waals surface area (Å²) in [5.41, 5.74) is 1.55. The molecule has 8 heteroatoms. The Morgan fingerprint density at radius 3 is 2.52 bits per heavy atom. The molecule has 0 saturated carbocycles. The summed E-state index contributed by atoms with van der Waals surface area (Å²) in [5, 5.41) is 20.9. The van der Waals surface area contributed by atoms with Gasteiger partial charge in [0.05, 0.1) is 12.6 Å². The molecule has 0 saturated heterocycles. The highest BCUT2D eigenvalue weighted by molar-refractivity contribution is 5.94. The third-order valence-electron chi connectivity index (χ3n) is 4.39. The maximum atomic E-state index is 12.9. The number of aromatic nitrogens is 4. The Morgan fingerprint density at radius 2 is 1.86 bits per heavy atom. The molecule has 3 aromatic rings. The van der Waals surface area contributed by atoms with Gasteiger partial charge in [-0.15, -0.1) is 5.10 Å². The summed E-state index contributed by atoms with van der Waals surface area (Å²) in [4.78, 5) is 14.5. The van der Waals surface area contributed by atoms with E-state index in [-0.39, 0.29) is 31.7 Å². The van der Waals surface area contributed by atoms with Gasteiger partial charge in [-0.1, -0.05) is 30.3 Å². The number of carbonyl (C=O) groups is 1. The van der Waals surface area contributed by atoms with Crippen LogP contribution in [0, 0.1) is 0 Å². The SMILES string of the molecule is CC(C)n1nnnc1COc1ccc(C(=O)N(CCO)Cc2ccccc2)cc1. The number of tetrazole rings is 1. The number of hydrogen-bond acceptors (Lipinski definition) is 6. The summed E-state index contributed by atoms with van der Waals surface area (Å²) in [5.74, 6) is 1.12. The summed E-state index contributed by atoms with van der Waals surface area (Å²) in [7, 11) is 0. The average Bonchev–Trinajstić information content (AvgIpc) is 3.22. The third-order valence-corrected chi connectivity index (χ3v) is 4.39. The van der Waals surface area contributed by atoms with E-state index in [1.54, 1.807) is 33.8 Å². The minimum absolute atomic E-state index is 0.0929. The predicted molar refractivity (Wildman–Crippen MR) is 107 cm³/mol. The highest BCUT2D eigenvalue weighted by atomic mass is 16.5. The van der Waals surface area contributed by atoms with Gasteiger partial charge in [-0.25, -0.2) is 4.68 Å². The molecule has 152 valence electrons. The quantitative estimate of drug-likeness (QED) is 0.598. The van der Waals surface area contributed by atoms with Crippen LogP contribution in [0.1, 0.15) is 41.6 Å². The van der Waals surface area contributed by atoms with Crippen LogP contribution < -0.4 is 4.74 Å². The number of benzene rings is 2. The summed E-state index contributed by atoms with van der Waals surface area (Å²) < 4.78 is 7.45. The van der Waals surface area contributed by atoms with Gasteiger partial charge in [-0.3, -0.25) is 4.79 Å². The van der Waals surface area contributed by atoms with Gasteiger partial charge in [0.1, 0.15) is 12.4 Å². The summed E-state index contributed by atoms with van der Waals surface area (Å²) >= 11 is 0. The van der Waals surface area contributed by atoms with Gasteiger partial charge in [0.2, 0.25) is 0 Å². The van der Waals surface area contributed by atoms with Gasteiger partial charge in [0.15, 0.2) is 5.82 Å². The molecule has 29 heavy (non-hydrogen) atoms. The number of ether oxygens (including phenoxy) is 1. The maximum absolute atomic E-state index is 12.9. The molecule has 0 aliphatic carbocycles. The Hall–Kier alpha value is -3.26. The normalized spacial score (nSPS) is 10.9. The van der Waals surface area contributed by atoms with E-state index in [1.165, 1.54) is 0 Å². The molecule has 0 aliphatic rings. The molecule has 3 rings (SSSR count). The number of aliphatic hydroxyl groups excluding tert-OH is 1. The molecule has 0 radical (unpaired) electrons. The van der Waals surface area contributed by atoms with E-state index >= 15 is 0 Å². The van der Waals surface area contributed by atoms with Crippen LogP contribution in [0.15, 0.2) is 54.6 Å². The Bertz CT molecular complexity index is 910. The van der Waals surface area contributed by atoms with Crippen molar-refractivity contribution in [2.45, 2.75) is 33.0 Å². The van der Waals surface area contributed by atoms with Crippen molar-refractivity contribution in [2.75, 3.05) is 13.2 Å². The molecular weight excluding hydrogens is 370 g/mol. The van der Waals surface area contributed by atoms with Gasteiger partial charge in [0.25, 0.3) is 5.91 Å². The van der Waals surface area contributed by atoms with Crippen molar-refractivity contribution in [3.05, 3.63) is 71.5 Å². The number of hydrogen-bond donors (Lipinski definition) is 1. The molecule has 1 amide bonds. The first-order valence-electron chi connectivity index (χ1n) is 9.52. The van der Waals surface area contributed by atoms with E-state index in [1.807, 2.05) is 44.2 Å². The second-order valence-corrected chi connectivity index (χ2v) is 6.88. The van der Waals surface area contributed by atoms with Crippen molar-refractivity contribution in [1.82, 2.24) is 25.1 Å². The first-order valence-corrected chi connectivity index (χ1v) is 9.52. The first-order chi connectivity index (χ1) is 14.1. The number of nitrogens with zero attached hydrogens (tertiary/aromatic N) is 5. The van der Waals surface area contributed by atoms with Crippen LogP contribution in [0.3, 0.4) is 0 Å². The van der Waals surface area contributed by atoms with Gasteiger partial charge >= 0.3 is 0 Å². The van der Waals surface area contributed by atoms with Crippen molar-refractivity contribution in [2.24, 2.45) is 0 Å². The van der Waals surface area contributed by atoms with E-state index in [0.717, 1.165) is 5.56 Å². The van der Waals surface area contributed by atoms with Crippen LogP contribution in [0.4, 0.5) is 0 Å². The number of carbonyl (C=O) groups excluding carboxylic acids is 1. The summed E-state index contributed by atoms with van der Waals surface area (Å²) in [6, 6.07) is 16.8. The van der Waals surface area contributed by atoms with Gasteiger partial charge in [0, 0.05) is 18.7 Å². The van der Waals surface area contributed by atoms with E-state index in [4.69, 9.17) is 4.74 Å². The van der Waals surface area contributed by atoms with Crippen LogP contribution >= 0.6 is 0 Å². The molecule has 1 aromatic heterocycles. The largest absolute Gasteiger partial charge is 0.486 e. The lowest BCUT2D eigenvalue weighted by molar-refractivity contribution is 0.0708.